The molecule has 122 valence electrons. The lowest BCUT2D eigenvalue weighted by atomic mass is 9.95. The van der Waals surface area contributed by atoms with Crippen molar-refractivity contribution in [1.29, 1.82) is 0 Å². The number of fused-ring (bicyclic) bond motifs is 1. The molecule has 0 N–H and O–H groups in total. The number of carbonyl (C=O) groups excluding carboxylic acids is 1. The molecule has 4 nitrogen and oxygen atoms in total. The lowest BCUT2D eigenvalue weighted by Gasteiger charge is -2.41. The molecule has 0 bridgehead atoms. The summed E-state index contributed by atoms with van der Waals surface area (Å²) in [5.74, 6) is 1.28. The molecule has 0 aliphatic carbocycles. The summed E-state index contributed by atoms with van der Waals surface area (Å²) < 4.78 is 1.24. The average molecular weight is 329 g/mol. The number of benzene rings is 1. The highest BCUT2D eigenvalue weighted by molar-refractivity contribution is 7.22. The summed E-state index contributed by atoms with van der Waals surface area (Å²) in [4.78, 5) is 21.6. The maximum absolute atomic E-state index is 12.6. The number of hydrogen-bond acceptors (Lipinski definition) is 4. The summed E-state index contributed by atoms with van der Waals surface area (Å²) in [6.45, 7) is 7.92. The van der Waals surface area contributed by atoms with Crippen molar-refractivity contribution in [2.24, 2.45) is 11.8 Å². The number of aryl methyl sites for hydroxylation is 1. The Morgan fingerprint density at radius 1 is 1.26 bits per heavy atom. The number of thiazole rings is 1. The van der Waals surface area contributed by atoms with Gasteiger partial charge in [-0.05, 0) is 43.4 Å². The maximum Gasteiger partial charge on any atom is 0.229 e. The van der Waals surface area contributed by atoms with E-state index < -0.39 is 0 Å². The highest BCUT2D eigenvalue weighted by atomic mass is 32.1. The zero-order valence-electron chi connectivity index (χ0n) is 13.8. The first kappa shape index (κ1) is 14.9. The third-order valence-electron chi connectivity index (χ3n) is 5.13. The van der Waals surface area contributed by atoms with Gasteiger partial charge in [0.05, 0.1) is 16.1 Å². The van der Waals surface area contributed by atoms with Crippen LogP contribution >= 0.6 is 11.3 Å². The quantitative estimate of drug-likeness (QED) is 0.848. The van der Waals surface area contributed by atoms with Crippen LogP contribution in [-0.2, 0) is 4.79 Å². The molecule has 2 aromatic rings. The molecule has 0 atom stereocenters. The van der Waals surface area contributed by atoms with E-state index in [2.05, 4.69) is 41.8 Å². The Bertz CT molecular complexity index is 727. The van der Waals surface area contributed by atoms with E-state index >= 15 is 0 Å². The maximum atomic E-state index is 12.6. The Morgan fingerprint density at radius 2 is 2.00 bits per heavy atom. The molecule has 3 heterocycles. The fourth-order valence-electron chi connectivity index (χ4n) is 3.43. The molecule has 2 aliphatic heterocycles. The predicted molar refractivity (Wildman–Crippen MR) is 95.0 cm³/mol. The van der Waals surface area contributed by atoms with Crippen LogP contribution in [0.3, 0.4) is 0 Å². The van der Waals surface area contributed by atoms with Gasteiger partial charge in [0.15, 0.2) is 5.13 Å². The third kappa shape index (κ3) is 2.82. The third-order valence-corrected chi connectivity index (χ3v) is 6.21. The van der Waals surface area contributed by atoms with Crippen molar-refractivity contribution in [3.8, 4) is 0 Å². The lowest BCUT2D eigenvalue weighted by molar-refractivity contribution is -0.137. The van der Waals surface area contributed by atoms with Crippen LogP contribution in [-0.4, -0.2) is 42.0 Å². The second-order valence-corrected chi connectivity index (χ2v) is 8.09. The van der Waals surface area contributed by atoms with Crippen molar-refractivity contribution >= 4 is 32.6 Å². The summed E-state index contributed by atoms with van der Waals surface area (Å²) in [5, 5.41) is 1.06. The van der Waals surface area contributed by atoms with Crippen LogP contribution in [0.15, 0.2) is 18.2 Å². The van der Waals surface area contributed by atoms with E-state index in [1.54, 1.807) is 11.3 Å². The molecule has 5 heteroatoms. The molecule has 0 radical (unpaired) electrons. The molecule has 2 aliphatic rings. The van der Waals surface area contributed by atoms with Crippen LogP contribution in [0.2, 0.25) is 0 Å². The Kier molecular flexibility index (Phi) is 3.76. The second kappa shape index (κ2) is 5.78. The number of nitrogens with zero attached hydrogens (tertiary/aromatic N) is 3. The van der Waals surface area contributed by atoms with Gasteiger partial charge in [-0.2, -0.15) is 0 Å². The molecular weight excluding hydrogens is 306 g/mol. The lowest BCUT2D eigenvalue weighted by Crippen LogP contribution is -2.55. The van der Waals surface area contributed by atoms with E-state index in [9.17, 15) is 4.79 Å². The number of likely N-dealkylation sites (tertiary alicyclic amines) is 1. The van der Waals surface area contributed by atoms with E-state index in [-0.39, 0.29) is 5.92 Å². The Labute approximate surface area is 141 Å². The zero-order chi connectivity index (χ0) is 16.0. The summed E-state index contributed by atoms with van der Waals surface area (Å²) >= 11 is 1.73. The van der Waals surface area contributed by atoms with E-state index in [0.717, 1.165) is 55.6 Å². The van der Waals surface area contributed by atoms with Crippen molar-refractivity contribution in [3.63, 3.8) is 0 Å². The van der Waals surface area contributed by atoms with E-state index in [4.69, 9.17) is 4.98 Å². The number of piperidine rings is 1. The minimum absolute atomic E-state index is 0.164. The molecule has 23 heavy (non-hydrogen) atoms. The predicted octanol–water partition coefficient (Wildman–Crippen LogP) is 3.30. The number of amides is 1. The van der Waals surface area contributed by atoms with Gasteiger partial charge in [-0.25, -0.2) is 4.98 Å². The first-order valence-electron chi connectivity index (χ1n) is 8.51. The standard InChI is InChI=1S/C18H23N3OS/c1-12-5-7-20(8-6-12)17(22)14-10-21(11-14)18-19-15-4-3-13(2)9-16(15)23-18/h3-4,9,12,14H,5-8,10-11H2,1-2H3. The minimum atomic E-state index is 0.164. The van der Waals surface area contributed by atoms with Crippen LogP contribution in [0, 0.1) is 18.8 Å². The van der Waals surface area contributed by atoms with Gasteiger partial charge >= 0.3 is 0 Å². The topological polar surface area (TPSA) is 36.4 Å². The molecule has 0 unspecified atom stereocenters. The molecule has 0 saturated carbocycles. The summed E-state index contributed by atoms with van der Waals surface area (Å²) in [6.07, 6.45) is 2.30. The zero-order valence-corrected chi connectivity index (χ0v) is 14.6. The number of carbonyl (C=O) groups is 1. The molecular formula is C18H23N3OS. The van der Waals surface area contributed by atoms with Crippen LogP contribution < -0.4 is 4.90 Å². The van der Waals surface area contributed by atoms with Crippen LogP contribution in [0.4, 0.5) is 5.13 Å². The monoisotopic (exact) mass is 329 g/mol. The molecule has 1 aromatic heterocycles. The first-order valence-corrected chi connectivity index (χ1v) is 9.33. The van der Waals surface area contributed by atoms with E-state index in [1.165, 1.54) is 10.3 Å². The first-order chi connectivity index (χ1) is 11.1. The number of rotatable bonds is 2. The van der Waals surface area contributed by atoms with Crippen LogP contribution in [0.25, 0.3) is 10.2 Å². The average Bonchev–Trinajstić information content (AvgIpc) is 2.88. The number of hydrogen-bond donors (Lipinski definition) is 0. The SMILES string of the molecule is Cc1ccc2nc(N3CC(C(=O)N4CCC(C)CC4)C3)sc2c1. The minimum Gasteiger partial charge on any atom is -0.346 e. The van der Waals surface area contributed by atoms with Gasteiger partial charge < -0.3 is 9.80 Å². The van der Waals surface area contributed by atoms with Gasteiger partial charge in [-0.15, -0.1) is 0 Å². The fraction of sp³-hybridized carbons (Fsp3) is 0.556. The fourth-order valence-corrected chi connectivity index (χ4v) is 4.51. The Hall–Kier alpha value is -1.62. The van der Waals surface area contributed by atoms with Crippen molar-refractivity contribution in [2.45, 2.75) is 26.7 Å². The van der Waals surface area contributed by atoms with Gasteiger partial charge in [0.2, 0.25) is 5.91 Å². The molecule has 0 spiro atoms. The number of anilines is 1. The highest BCUT2D eigenvalue weighted by Crippen LogP contribution is 2.34. The van der Waals surface area contributed by atoms with Crippen molar-refractivity contribution in [2.75, 3.05) is 31.1 Å². The van der Waals surface area contributed by atoms with Gasteiger partial charge in [0.25, 0.3) is 0 Å². The molecule has 1 aromatic carbocycles. The van der Waals surface area contributed by atoms with Crippen molar-refractivity contribution < 1.29 is 4.79 Å². The molecule has 4 rings (SSSR count). The van der Waals surface area contributed by atoms with Crippen LogP contribution in [0.5, 0.6) is 0 Å². The van der Waals surface area contributed by atoms with Gasteiger partial charge in [-0.1, -0.05) is 24.3 Å². The molecule has 2 fully saturated rings. The summed E-state index contributed by atoms with van der Waals surface area (Å²) in [6, 6.07) is 6.38. The van der Waals surface area contributed by atoms with Gasteiger partial charge in [0, 0.05) is 26.2 Å². The Balaban J connectivity index is 1.39. The van der Waals surface area contributed by atoms with Crippen LogP contribution in [0.1, 0.15) is 25.3 Å². The molecule has 2 saturated heterocycles. The van der Waals surface area contributed by atoms with E-state index in [0.29, 0.717) is 5.91 Å². The second-order valence-electron chi connectivity index (χ2n) is 7.08. The normalized spacial score (nSPS) is 20.1. The summed E-state index contributed by atoms with van der Waals surface area (Å²) in [7, 11) is 0. The summed E-state index contributed by atoms with van der Waals surface area (Å²) in [5.41, 5.74) is 2.33. The van der Waals surface area contributed by atoms with Gasteiger partial charge in [-0.3, -0.25) is 4.79 Å². The molecule has 1 amide bonds. The smallest absolute Gasteiger partial charge is 0.229 e. The van der Waals surface area contributed by atoms with E-state index in [1.807, 2.05) is 0 Å². The van der Waals surface area contributed by atoms with Crippen molar-refractivity contribution in [1.82, 2.24) is 9.88 Å². The van der Waals surface area contributed by atoms with Crippen molar-refractivity contribution in [3.05, 3.63) is 23.8 Å². The van der Waals surface area contributed by atoms with Gasteiger partial charge in [0.1, 0.15) is 0 Å². The Morgan fingerprint density at radius 3 is 2.74 bits per heavy atom. The largest absolute Gasteiger partial charge is 0.346 e. The highest BCUT2D eigenvalue weighted by Gasteiger charge is 2.37. The number of aromatic nitrogens is 1.